The average molecular weight is 291 g/mol. The average Bonchev–Trinajstić information content (AvgIpc) is 2.55. The largest absolute Gasteiger partial charge is 0.385 e. The summed E-state index contributed by atoms with van der Waals surface area (Å²) in [5, 5.41) is 3.45. The molecule has 118 valence electrons. The van der Waals surface area contributed by atoms with Gasteiger partial charge in [0, 0.05) is 52.1 Å². The van der Waals surface area contributed by atoms with Gasteiger partial charge in [-0.2, -0.15) is 0 Å². The maximum atomic E-state index is 5.04. The summed E-state index contributed by atoms with van der Waals surface area (Å²) in [5.74, 6) is 0. The number of hydrogen-bond donors (Lipinski definition) is 1. The van der Waals surface area contributed by atoms with Gasteiger partial charge in [0.1, 0.15) is 0 Å². The van der Waals surface area contributed by atoms with Crippen LogP contribution in [-0.2, 0) is 11.3 Å². The van der Waals surface area contributed by atoms with Gasteiger partial charge in [-0.15, -0.1) is 0 Å². The molecule has 1 aromatic rings. The second kappa shape index (κ2) is 9.03. The molecule has 0 radical (unpaired) electrons. The van der Waals surface area contributed by atoms with Crippen LogP contribution in [0.2, 0.25) is 0 Å². The van der Waals surface area contributed by atoms with E-state index >= 15 is 0 Å². The van der Waals surface area contributed by atoms with Gasteiger partial charge in [0.05, 0.1) is 0 Å². The fourth-order valence-corrected chi connectivity index (χ4v) is 2.72. The van der Waals surface area contributed by atoms with Crippen LogP contribution >= 0.6 is 0 Å². The molecule has 4 heteroatoms. The van der Waals surface area contributed by atoms with Gasteiger partial charge in [-0.05, 0) is 37.2 Å². The van der Waals surface area contributed by atoms with Crippen LogP contribution in [0.1, 0.15) is 18.9 Å². The molecule has 1 fully saturated rings. The standard InChI is InChI=1S/C17H29N3O/c1-3-19-10-12-20(13-11-19)17-7-5-16(6-8-17)15-18-9-4-14-21-2/h5-8,18H,3-4,9-15H2,1-2H3. The van der Waals surface area contributed by atoms with E-state index in [1.807, 2.05) is 0 Å². The van der Waals surface area contributed by atoms with E-state index in [0.717, 1.165) is 39.2 Å². The first kappa shape index (κ1) is 16.3. The van der Waals surface area contributed by atoms with Crippen molar-refractivity contribution in [2.24, 2.45) is 0 Å². The number of ether oxygens (including phenoxy) is 1. The van der Waals surface area contributed by atoms with Crippen LogP contribution in [0, 0.1) is 0 Å². The van der Waals surface area contributed by atoms with Crippen molar-refractivity contribution in [3.05, 3.63) is 29.8 Å². The minimum absolute atomic E-state index is 0.829. The molecule has 1 aromatic carbocycles. The Kier molecular flexibility index (Phi) is 7.00. The van der Waals surface area contributed by atoms with E-state index in [1.165, 1.54) is 30.9 Å². The number of nitrogens with zero attached hydrogens (tertiary/aromatic N) is 2. The van der Waals surface area contributed by atoms with Crippen LogP contribution in [0.25, 0.3) is 0 Å². The Morgan fingerprint density at radius 2 is 1.81 bits per heavy atom. The van der Waals surface area contributed by atoms with E-state index in [4.69, 9.17) is 4.74 Å². The van der Waals surface area contributed by atoms with E-state index in [9.17, 15) is 0 Å². The zero-order valence-electron chi connectivity index (χ0n) is 13.5. The van der Waals surface area contributed by atoms with Crippen LogP contribution in [0.5, 0.6) is 0 Å². The monoisotopic (exact) mass is 291 g/mol. The zero-order chi connectivity index (χ0) is 14.9. The first-order valence-electron chi connectivity index (χ1n) is 8.09. The van der Waals surface area contributed by atoms with Gasteiger partial charge in [-0.3, -0.25) is 0 Å². The molecule has 0 aliphatic carbocycles. The van der Waals surface area contributed by atoms with Gasteiger partial charge in [0.25, 0.3) is 0 Å². The summed E-state index contributed by atoms with van der Waals surface area (Å²) in [6.07, 6.45) is 1.07. The molecular formula is C17H29N3O. The summed E-state index contributed by atoms with van der Waals surface area (Å²) >= 11 is 0. The molecule has 0 atom stereocenters. The summed E-state index contributed by atoms with van der Waals surface area (Å²) in [5.41, 5.74) is 2.71. The van der Waals surface area contributed by atoms with Crippen LogP contribution in [0.15, 0.2) is 24.3 Å². The molecule has 0 bridgehead atoms. The SMILES string of the molecule is CCN1CCN(c2ccc(CNCCCOC)cc2)CC1. The summed E-state index contributed by atoms with van der Waals surface area (Å²) in [6, 6.07) is 9.00. The van der Waals surface area contributed by atoms with Crippen LogP contribution < -0.4 is 10.2 Å². The molecule has 0 aromatic heterocycles. The van der Waals surface area contributed by atoms with Gasteiger partial charge >= 0.3 is 0 Å². The number of hydrogen-bond acceptors (Lipinski definition) is 4. The molecule has 1 N–H and O–H groups in total. The highest BCUT2D eigenvalue weighted by atomic mass is 16.5. The van der Waals surface area contributed by atoms with Crippen molar-refractivity contribution in [3.63, 3.8) is 0 Å². The van der Waals surface area contributed by atoms with Crippen LogP contribution in [-0.4, -0.2) is 57.9 Å². The highest BCUT2D eigenvalue weighted by Gasteiger charge is 2.15. The normalized spacial score (nSPS) is 16.4. The lowest BCUT2D eigenvalue weighted by Gasteiger charge is -2.35. The summed E-state index contributed by atoms with van der Waals surface area (Å²) < 4.78 is 5.04. The Hall–Kier alpha value is -1.10. The first-order chi connectivity index (χ1) is 10.3. The Balaban J connectivity index is 1.74. The smallest absolute Gasteiger partial charge is 0.0474 e. The number of rotatable bonds is 8. The predicted molar refractivity (Wildman–Crippen MR) is 89.0 cm³/mol. The minimum Gasteiger partial charge on any atom is -0.385 e. The van der Waals surface area contributed by atoms with Crippen molar-refractivity contribution in [2.45, 2.75) is 19.9 Å². The summed E-state index contributed by atoms with van der Waals surface area (Å²) in [6.45, 7) is 10.8. The lowest BCUT2D eigenvalue weighted by molar-refractivity contribution is 0.194. The van der Waals surface area contributed by atoms with E-state index in [1.54, 1.807) is 7.11 Å². The zero-order valence-corrected chi connectivity index (χ0v) is 13.5. The van der Waals surface area contributed by atoms with Crippen molar-refractivity contribution in [2.75, 3.05) is 57.9 Å². The van der Waals surface area contributed by atoms with Crippen molar-refractivity contribution in [3.8, 4) is 0 Å². The second-order valence-corrected chi connectivity index (χ2v) is 5.61. The number of anilines is 1. The molecule has 0 saturated carbocycles. The third-order valence-electron chi connectivity index (χ3n) is 4.15. The lowest BCUT2D eigenvalue weighted by atomic mass is 10.1. The molecule has 1 aliphatic rings. The molecule has 2 rings (SSSR count). The Bertz CT molecular complexity index is 386. The fourth-order valence-electron chi connectivity index (χ4n) is 2.72. The maximum Gasteiger partial charge on any atom is 0.0474 e. The molecule has 0 unspecified atom stereocenters. The number of benzene rings is 1. The van der Waals surface area contributed by atoms with Crippen LogP contribution in [0.4, 0.5) is 5.69 Å². The van der Waals surface area contributed by atoms with Crippen molar-refractivity contribution >= 4 is 5.69 Å². The molecule has 4 nitrogen and oxygen atoms in total. The second-order valence-electron chi connectivity index (χ2n) is 5.61. The molecular weight excluding hydrogens is 262 g/mol. The highest BCUT2D eigenvalue weighted by molar-refractivity contribution is 5.48. The third-order valence-corrected chi connectivity index (χ3v) is 4.15. The van der Waals surface area contributed by atoms with Gasteiger partial charge in [-0.1, -0.05) is 19.1 Å². The number of likely N-dealkylation sites (N-methyl/N-ethyl adjacent to an activating group) is 1. The highest BCUT2D eigenvalue weighted by Crippen LogP contribution is 2.17. The van der Waals surface area contributed by atoms with E-state index in [0.29, 0.717) is 0 Å². The molecule has 0 spiro atoms. The molecule has 1 heterocycles. The maximum absolute atomic E-state index is 5.04. The van der Waals surface area contributed by atoms with E-state index in [2.05, 4.69) is 46.3 Å². The van der Waals surface area contributed by atoms with Gasteiger partial charge < -0.3 is 19.9 Å². The van der Waals surface area contributed by atoms with Gasteiger partial charge in [-0.25, -0.2) is 0 Å². The Morgan fingerprint density at radius 3 is 2.43 bits per heavy atom. The predicted octanol–water partition coefficient (Wildman–Crippen LogP) is 1.95. The number of nitrogens with one attached hydrogen (secondary N) is 1. The van der Waals surface area contributed by atoms with Crippen molar-refractivity contribution < 1.29 is 4.74 Å². The lowest BCUT2D eigenvalue weighted by Crippen LogP contribution is -2.46. The topological polar surface area (TPSA) is 27.7 Å². The van der Waals surface area contributed by atoms with Crippen molar-refractivity contribution in [1.29, 1.82) is 0 Å². The molecule has 1 saturated heterocycles. The number of methoxy groups -OCH3 is 1. The van der Waals surface area contributed by atoms with Gasteiger partial charge in [0.2, 0.25) is 0 Å². The number of piperazine rings is 1. The quantitative estimate of drug-likeness (QED) is 0.741. The fraction of sp³-hybridized carbons (Fsp3) is 0.647. The Morgan fingerprint density at radius 1 is 1.10 bits per heavy atom. The summed E-state index contributed by atoms with van der Waals surface area (Å²) in [4.78, 5) is 5.00. The molecule has 0 amide bonds. The summed E-state index contributed by atoms with van der Waals surface area (Å²) in [7, 11) is 1.75. The first-order valence-corrected chi connectivity index (χ1v) is 8.09. The Labute approximate surface area is 129 Å². The van der Waals surface area contributed by atoms with Crippen molar-refractivity contribution in [1.82, 2.24) is 10.2 Å². The third kappa shape index (κ3) is 5.30. The molecule has 21 heavy (non-hydrogen) atoms. The van der Waals surface area contributed by atoms with Crippen LogP contribution in [0.3, 0.4) is 0 Å². The van der Waals surface area contributed by atoms with Gasteiger partial charge in [0.15, 0.2) is 0 Å². The minimum atomic E-state index is 0.829. The van der Waals surface area contributed by atoms with E-state index < -0.39 is 0 Å². The van der Waals surface area contributed by atoms with E-state index in [-0.39, 0.29) is 0 Å². The molecule has 1 aliphatic heterocycles.